The van der Waals surface area contributed by atoms with Crippen LogP contribution in [0.4, 0.5) is 19.0 Å². The summed E-state index contributed by atoms with van der Waals surface area (Å²) >= 11 is 6.27. The van der Waals surface area contributed by atoms with Gasteiger partial charge in [-0.1, -0.05) is 17.7 Å². The summed E-state index contributed by atoms with van der Waals surface area (Å²) in [6, 6.07) is 9.58. The lowest BCUT2D eigenvalue weighted by atomic mass is 9.97. The second-order valence-electron chi connectivity index (χ2n) is 9.27. The van der Waals surface area contributed by atoms with E-state index in [-0.39, 0.29) is 40.4 Å². The molecule has 38 heavy (non-hydrogen) atoms. The van der Waals surface area contributed by atoms with Crippen LogP contribution in [-0.4, -0.2) is 57.0 Å². The summed E-state index contributed by atoms with van der Waals surface area (Å²) in [7, 11) is 4.05. The van der Waals surface area contributed by atoms with E-state index < -0.39 is 23.1 Å². The first-order valence-electron chi connectivity index (χ1n) is 11.8. The lowest BCUT2D eigenvalue weighted by molar-refractivity contribution is 0.194. The number of anilines is 1. The van der Waals surface area contributed by atoms with Gasteiger partial charge in [0.25, 0.3) is 0 Å². The molecule has 0 unspecified atom stereocenters. The van der Waals surface area contributed by atoms with Crippen LogP contribution in [0.25, 0.3) is 5.69 Å². The predicted octanol–water partition coefficient (Wildman–Crippen LogP) is 4.48. The standard InChI is InChI=1S/C26H24ClF3N6O2/c1-15-22(33(2)3)13-35(15)25-10-24(18(27)11-31-25)38-23-8-7-16(9-21(23)30)36-26(37)34(14-32-36)12-17-19(28)5-4-6-20(17)29/h4-11,14-15,22H,12-13H2,1-3H3/t15-,22-/m0/s1. The van der Waals surface area contributed by atoms with Gasteiger partial charge in [0.2, 0.25) is 0 Å². The molecule has 0 amide bonds. The smallest absolute Gasteiger partial charge is 0.350 e. The van der Waals surface area contributed by atoms with Crippen LogP contribution >= 0.6 is 11.6 Å². The lowest BCUT2D eigenvalue weighted by Gasteiger charge is -2.50. The number of aromatic nitrogens is 4. The van der Waals surface area contributed by atoms with Gasteiger partial charge in [-0.15, -0.1) is 0 Å². The van der Waals surface area contributed by atoms with Gasteiger partial charge in [-0.25, -0.2) is 22.9 Å². The summed E-state index contributed by atoms with van der Waals surface area (Å²) in [6.45, 7) is 2.52. The van der Waals surface area contributed by atoms with E-state index in [0.717, 1.165) is 40.3 Å². The number of pyridine rings is 1. The van der Waals surface area contributed by atoms with Crippen LogP contribution in [0.1, 0.15) is 12.5 Å². The largest absolute Gasteiger partial charge is 0.453 e. The van der Waals surface area contributed by atoms with Gasteiger partial charge in [0.1, 0.15) is 28.8 Å². The second-order valence-corrected chi connectivity index (χ2v) is 9.67. The number of likely N-dealkylation sites (N-methyl/N-ethyl adjacent to an activating group) is 1. The first-order valence-corrected chi connectivity index (χ1v) is 12.2. The van der Waals surface area contributed by atoms with E-state index >= 15 is 4.39 Å². The maximum Gasteiger partial charge on any atom is 0.350 e. The summed E-state index contributed by atoms with van der Waals surface area (Å²) in [5.41, 5.74) is -0.858. The summed E-state index contributed by atoms with van der Waals surface area (Å²) < 4.78 is 50.7. The van der Waals surface area contributed by atoms with Crippen LogP contribution in [0.15, 0.2) is 59.8 Å². The molecule has 8 nitrogen and oxygen atoms in total. The monoisotopic (exact) mass is 544 g/mol. The first kappa shape index (κ1) is 25.8. The summed E-state index contributed by atoms with van der Waals surface area (Å²) in [4.78, 5) is 21.4. The maximum absolute atomic E-state index is 15.0. The molecule has 2 aromatic carbocycles. The maximum atomic E-state index is 15.0. The molecule has 1 saturated heterocycles. The second kappa shape index (κ2) is 10.1. The van der Waals surface area contributed by atoms with Crippen molar-refractivity contribution >= 4 is 17.4 Å². The molecule has 0 spiro atoms. The van der Waals surface area contributed by atoms with E-state index in [2.05, 4.69) is 26.8 Å². The van der Waals surface area contributed by atoms with Gasteiger partial charge >= 0.3 is 5.69 Å². The first-order chi connectivity index (χ1) is 18.1. The molecular formula is C26H24ClF3N6O2. The molecule has 0 saturated carbocycles. The zero-order valence-electron chi connectivity index (χ0n) is 20.8. The number of nitrogens with zero attached hydrogens (tertiary/aromatic N) is 6. The minimum Gasteiger partial charge on any atom is -0.453 e. The topological polar surface area (TPSA) is 68.4 Å². The van der Waals surface area contributed by atoms with Crippen LogP contribution in [0.5, 0.6) is 11.5 Å². The average molecular weight is 545 g/mol. The molecule has 5 rings (SSSR count). The van der Waals surface area contributed by atoms with Crippen molar-refractivity contribution in [3.05, 3.63) is 93.5 Å². The van der Waals surface area contributed by atoms with Crippen LogP contribution < -0.4 is 15.3 Å². The van der Waals surface area contributed by atoms with Crippen LogP contribution in [0, 0.1) is 17.5 Å². The fourth-order valence-corrected chi connectivity index (χ4v) is 4.57. The molecule has 0 aliphatic carbocycles. The average Bonchev–Trinajstić information content (AvgIpc) is 3.23. The molecule has 1 aliphatic heterocycles. The third-order valence-electron chi connectivity index (χ3n) is 6.70. The molecular weight excluding hydrogens is 521 g/mol. The van der Waals surface area contributed by atoms with Crippen molar-refractivity contribution in [1.82, 2.24) is 24.2 Å². The van der Waals surface area contributed by atoms with Gasteiger partial charge < -0.3 is 14.5 Å². The molecule has 0 N–H and O–H groups in total. The Morgan fingerprint density at radius 1 is 1.08 bits per heavy atom. The molecule has 198 valence electrons. The molecule has 0 radical (unpaired) electrons. The molecule has 12 heteroatoms. The van der Waals surface area contributed by atoms with Crippen molar-refractivity contribution in [3.63, 3.8) is 0 Å². The molecule has 1 aliphatic rings. The fraction of sp³-hybridized carbons (Fsp3) is 0.269. The Morgan fingerprint density at radius 2 is 1.82 bits per heavy atom. The molecule has 0 bridgehead atoms. The number of hydrogen-bond acceptors (Lipinski definition) is 6. The minimum absolute atomic E-state index is 0.109. The zero-order chi connectivity index (χ0) is 27.1. The van der Waals surface area contributed by atoms with Crippen LogP contribution in [0.3, 0.4) is 0 Å². The van der Waals surface area contributed by atoms with Gasteiger partial charge in [-0.05, 0) is 45.3 Å². The Kier molecular flexibility index (Phi) is 6.89. The Bertz CT molecular complexity index is 1540. The van der Waals surface area contributed by atoms with Crippen molar-refractivity contribution in [3.8, 4) is 17.2 Å². The van der Waals surface area contributed by atoms with Gasteiger partial charge in [-0.3, -0.25) is 4.57 Å². The van der Waals surface area contributed by atoms with E-state index in [9.17, 15) is 13.6 Å². The van der Waals surface area contributed by atoms with E-state index in [1.165, 1.54) is 24.4 Å². The summed E-state index contributed by atoms with van der Waals surface area (Å²) in [6.07, 6.45) is 2.59. The molecule has 4 aromatic rings. The van der Waals surface area contributed by atoms with Gasteiger partial charge in [0, 0.05) is 36.3 Å². The molecule has 2 atom stereocenters. The van der Waals surface area contributed by atoms with Gasteiger partial charge in [-0.2, -0.15) is 9.78 Å². The quantitative estimate of drug-likeness (QED) is 0.342. The summed E-state index contributed by atoms with van der Waals surface area (Å²) in [5, 5.41) is 4.17. The number of benzene rings is 2. The van der Waals surface area contributed by atoms with E-state index in [4.69, 9.17) is 16.3 Å². The fourth-order valence-electron chi connectivity index (χ4n) is 4.43. The van der Waals surface area contributed by atoms with Crippen molar-refractivity contribution in [2.24, 2.45) is 0 Å². The summed E-state index contributed by atoms with van der Waals surface area (Å²) in [5.74, 6) is -1.54. The number of rotatable bonds is 7. The normalized spacial score (nSPS) is 17.1. The van der Waals surface area contributed by atoms with E-state index in [0.29, 0.717) is 11.9 Å². The third-order valence-corrected chi connectivity index (χ3v) is 6.98. The Hall–Kier alpha value is -3.83. The minimum atomic E-state index is -0.781. The van der Waals surface area contributed by atoms with Crippen LogP contribution in [-0.2, 0) is 6.54 Å². The van der Waals surface area contributed by atoms with Crippen molar-refractivity contribution in [2.45, 2.75) is 25.6 Å². The highest BCUT2D eigenvalue weighted by Gasteiger charge is 2.37. The van der Waals surface area contributed by atoms with Gasteiger partial charge in [0.15, 0.2) is 17.3 Å². The van der Waals surface area contributed by atoms with Crippen molar-refractivity contribution in [1.29, 1.82) is 0 Å². The highest BCUT2D eigenvalue weighted by atomic mass is 35.5. The number of hydrogen-bond donors (Lipinski definition) is 0. The number of halogens is 4. The van der Waals surface area contributed by atoms with E-state index in [1.807, 2.05) is 14.1 Å². The Morgan fingerprint density at radius 3 is 2.47 bits per heavy atom. The predicted molar refractivity (Wildman–Crippen MR) is 137 cm³/mol. The van der Waals surface area contributed by atoms with Crippen molar-refractivity contribution < 1.29 is 17.9 Å². The lowest BCUT2D eigenvalue weighted by Crippen LogP contribution is -2.64. The number of ether oxygens (including phenoxy) is 1. The molecule has 2 aromatic heterocycles. The highest BCUT2D eigenvalue weighted by Crippen LogP contribution is 2.36. The van der Waals surface area contributed by atoms with Crippen molar-refractivity contribution in [2.75, 3.05) is 25.5 Å². The Balaban J connectivity index is 1.36. The SMILES string of the molecule is C[C@H]1[C@@H](N(C)C)CN1c1cc(Oc2ccc(-n3ncn(Cc4c(F)cccc4F)c3=O)cc2F)c(Cl)cn1. The third kappa shape index (κ3) is 4.74. The Labute approximate surface area is 221 Å². The van der Waals surface area contributed by atoms with E-state index in [1.54, 1.807) is 6.07 Å². The van der Waals surface area contributed by atoms with Crippen LogP contribution in [0.2, 0.25) is 5.02 Å². The molecule has 3 heterocycles. The zero-order valence-corrected chi connectivity index (χ0v) is 21.5. The highest BCUT2D eigenvalue weighted by molar-refractivity contribution is 6.32. The van der Waals surface area contributed by atoms with Gasteiger partial charge in [0.05, 0.1) is 18.4 Å². The molecule has 1 fully saturated rings.